The van der Waals surface area contributed by atoms with Gasteiger partial charge in [0.05, 0.1) is 0 Å². The molecule has 1 unspecified atom stereocenters. The first-order valence-corrected chi connectivity index (χ1v) is 6.18. The van der Waals surface area contributed by atoms with E-state index in [1.54, 1.807) is 0 Å². The number of rotatable bonds is 1. The minimum absolute atomic E-state index is 0.399. The molecule has 0 amide bonds. The van der Waals surface area contributed by atoms with Gasteiger partial charge in [0.15, 0.2) is 0 Å². The van der Waals surface area contributed by atoms with Crippen LogP contribution in [0.5, 0.6) is 0 Å². The molecule has 0 saturated carbocycles. The van der Waals surface area contributed by atoms with E-state index < -0.39 is 6.23 Å². The van der Waals surface area contributed by atoms with Crippen LogP contribution in [0.3, 0.4) is 0 Å². The van der Waals surface area contributed by atoms with E-state index in [-0.39, 0.29) is 0 Å². The van der Waals surface area contributed by atoms with Crippen molar-refractivity contribution in [2.75, 3.05) is 13.1 Å². The first-order chi connectivity index (χ1) is 7.86. The summed E-state index contributed by atoms with van der Waals surface area (Å²) < 4.78 is 1.97. The molecule has 1 fully saturated rings. The fourth-order valence-electron chi connectivity index (χ4n) is 2.76. The molecule has 0 radical (unpaired) electrons. The summed E-state index contributed by atoms with van der Waals surface area (Å²) in [6, 6.07) is 0. The van der Waals surface area contributed by atoms with Crippen molar-refractivity contribution in [2.24, 2.45) is 0 Å². The number of aliphatic hydroxyl groups is 1. The Morgan fingerprint density at radius 3 is 2.81 bits per heavy atom. The Labute approximate surface area is 94.9 Å². The van der Waals surface area contributed by atoms with E-state index in [4.69, 9.17) is 0 Å². The van der Waals surface area contributed by atoms with Crippen molar-refractivity contribution in [3.8, 4) is 0 Å². The Morgan fingerprint density at radius 2 is 2.00 bits per heavy atom. The Kier molecular flexibility index (Phi) is 2.65. The lowest BCUT2D eigenvalue weighted by atomic mass is 9.96. The fraction of sp³-hybridized carbons (Fsp3) is 0.818. The summed E-state index contributed by atoms with van der Waals surface area (Å²) in [6.07, 6.45) is 4.61. The zero-order valence-electron chi connectivity index (χ0n) is 9.39. The van der Waals surface area contributed by atoms with Gasteiger partial charge in [0, 0.05) is 12.3 Å². The summed E-state index contributed by atoms with van der Waals surface area (Å²) in [5.74, 6) is 2.44. The number of piperidine rings is 1. The van der Waals surface area contributed by atoms with Gasteiger partial charge < -0.3 is 10.4 Å². The zero-order valence-corrected chi connectivity index (χ0v) is 9.39. The maximum Gasteiger partial charge on any atom is 0.138 e. The molecule has 0 aliphatic carbocycles. The van der Waals surface area contributed by atoms with Crippen LogP contribution in [0.1, 0.15) is 49.5 Å². The number of aryl methyl sites for hydroxylation is 1. The van der Waals surface area contributed by atoms with Gasteiger partial charge in [0.2, 0.25) is 0 Å². The lowest BCUT2D eigenvalue weighted by molar-refractivity contribution is 0.0730. The van der Waals surface area contributed by atoms with Gasteiger partial charge in [-0.05, 0) is 38.8 Å². The Hall–Kier alpha value is -0.940. The van der Waals surface area contributed by atoms with E-state index in [2.05, 4.69) is 15.5 Å². The highest BCUT2D eigenvalue weighted by Gasteiger charge is 2.28. The van der Waals surface area contributed by atoms with Crippen molar-refractivity contribution in [1.29, 1.82) is 0 Å². The zero-order chi connectivity index (χ0) is 11.0. The molecule has 3 heterocycles. The minimum atomic E-state index is -0.399. The molecule has 2 aliphatic rings. The van der Waals surface area contributed by atoms with E-state index in [0.29, 0.717) is 5.92 Å². The lowest BCUT2D eigenvalue weighted by Crippen LogP contribution is -2.29. The average molecular weight is 222 g/mol. The Balaban J connectivity index is 1.91. The topological polar surface area (TPSA) is 63.0 Å². The smallest absolute Gasteiger partial charge is 0.138 e. The average Bonchev–Trinajstić information content (AvgIpc) is 2.75. The second-order valence-electron chi connectivity index (χ2n) is 4.74. The van der Waals surface area contributed by atoms with Crippen LogP contribution in [0, 0.1) is 0 Å². The van der Waals surface area contributed by atoms with Gasteiger partial charge in [-0.1, -0.05) is 0 Å². The lowest BCUT2D eigenvalue weighted by Gasteiger charge is -2.26. The molecule has 0 spiro atoms. The molecule has 1 aromatic rings. The minimum Gasteiger partial charge on any atom is -0.373 e. The number of nitrogens with one attached hydrogen (secondary N) is 1. The molecular weight excluding hydrogens is 204 g/mol. The number of aromatic nitrogens is 3. The fourth-order valence-corrected chi connectivity index (χ4v) is 2.76. The molecule has 0 bridgehead atoms. The van der Waals surface area contributed by atoms with Crippen molar-refractivity contribution in [2.45, 2.75) is 44.2 Å². The molecular formula is C11H18N4O. The van der Waals surface area contributed by atoms with Gasteiger partial charge in [-0.25, -0.2) is 0 Å². The maximum absolute atomic E-state index is 10.0. The first-order valence-electron chi connectivity index (χ1n) is 6.18. The van der Waals surface area contributed by atoms with Gasteiger partial charge >= 0.3 is 0 Å². The predicted octanol–water partition coefficient (Wildman–Crippen LogP) is 0.572. The number of hydrogen-bond donors (Lipinski definition) is 2. The SMILES string of the molecule is OC1CCCc2nnc(C3CCNCC3)n21. The molecule has 5 nitrogen and oxygen atoms in total. The summed E-state index contributed by atoms with van der Waals surface area (Å²) >= 11 is 0. The van der Waals surface area contributed by atoms with Gasteiger partial charge in [0.25, 0.3) is 0 Å². The second kappa shape index (κ2) is 4.14. The van der Waals surface area contributed by atoms with Gasteiger partial charge in [0.1, 0.15) is 17.9 Å². The quantitative estimate of drug-likeness (QED) is 0.729. The second-order valence-corrected chi connectivity index (χ2v) is 4.74. The Bertz CT molecular complexity index is 370. The molecule has 2 N–H and O–H groups in total. The normalized spacial score (nSPS) is 26.7. The van der Waals surface area contributed by atoms with Crippen molar-refractivity contribution >= 4 is 0 Å². The predicted molar refractivity (Wildman–Crippen MR) is 59.1 cm³/mol. The highest BCUT2D eigenvalue weighted by molar-refractivity contribution is 5.06. The third-order valence-electron chi connectivity index (χ3n) is 3.66. The van der Waals surface area contributed by atoms with Crippen molar-refractivity contribution in [3.63, 3.8) is 0 Å². The molecule has 2 aliphatic heterocycles. The number of hydrogen-bond acceptors (Lipinski definition) is 4. The van der Waals surface area contributed by atoms with Crippen LogP contribution in [0.25, 0.3) is 0 Å². The Morgan fingerprint density at radius 1 is 1.19 bits per heavy atom. The van der Waals surface area contributed by atoms with Crippen LogP contribution in [-0.2, 0) is 6.42 Å². The first kappa shape index (κ1) is 10.2. The van der Waals surface area contributed by atoms with E-state index in [9.17, 15) is 5.11 Å². The van der Waals surface area contributed by atoms with Crippen molar-refractivity contribution < 1.29 is 5.11 Å². The van der Waals surface area contributed by atoms with E-state index >= 15 is 0 Å². The molecule has 16 heavy (non-hydrogen) atoms. The van der Waals surface area contributed by atoms with Gasteiger partial charge in [-0.3, -0.25) is 4.57 Å². The van der Waals surface area contributed by atoms with Crippen LogP contribution in [0.4, 0.5) is 0 Å². The number of aliphatic hydroxyl groups excluding tert-OH is 1. The molecule has 1 atom stereocenters. The number of nitrogens with zero attached hydrogens (tertiary/aromatic N) is 3. The molecule has 88 valence electrons. The monoisotopic (exact) mass is 222 g/mol. The van der Waals surface area contributed by atoms with E-state index in [1.165, 1.54) is 0 Å². The maximum atomic E-state index is 10.0. The number of fused-ring (bicyclic) bond motifs is 1. The summed E-state index contributed by atoms with van der Waals surface area (Å²) in [6.45, 7) is 2.09. The standard InChI is InChI=1S/C11H18N4O/c16-10-3-1-2-9-13-14-11(15(9)10)8-4-6-12-7-5-8/h8,10,12,16H,1-7H2. The van der Waals surface area contributed by atoms with Crippen LogP contribution in [-0.4, -0.2) is 33.0 Å². The van der Waals surface area contributed by atoms with Crippen LogP contribution >= 0.6 is 0 Å². The van der Waals surface area contributed by atoms with Crippen molar-refractivity contribution in [1.82, 2.24) is 20.1 Å². The van der Waals surface area contributed by atoms with Crippen LogP contribution in [0.15, 0.2) is 0 Å². The summed E-state index contributed by atoms with van der Waals surface area (Å²) in [5, 5.41) is 21.9. The molecule has 3 rings (SSSR count). The van der Waals surface area contributed by atoms with E-state index in [0.717, 1.165) is 56.8 Å². The van der Waals surface area contributed by atoms with Crippen molar-refractivity contribution in [3.05, 3.63) is 11.6 Å². The third kappa shape index (κ3) is 1.64. The van der Waals surface area contributed by atoms with E-state index in [1.807, 2.05) is 4.57 Å². The van der Waals surface area contributed by atoms with Gasteiger partial charge in [-0.2, -0.15) is 0 Å². The van der Waals surface area contributed by atoms with Gasteiger partial charge in [-0.15, -0.1) is 10.2 Å². The third-order valence-corrected chi connectivity index (χ3v) is 3.66. The highest BCUT2D eigenvalue weighted by Crippen LogP contribution is 2.30. The summed E-state index contributed by atoms with van der Waals surface area (Å²) in [7, 11) is 0. The van der Waals surface area contributed by atoms with Crippen LogP contribution < -0.4 is 5.32 Å². The molecule has 0 aromatic carbocycles. The molecule has 5 heteroatoms. The highest BCUT2D eigenvalue weighted by atomic mass is 16.3. The van der Waals surface area contributed by atoms with Crippen LogP contribution in [0.2, 0.25) is 0 Å². The largest absolute Gasteiger partial charge is 0.373 e. The molecule has 1 aromatic heterocycles. The summed E-state index contributed by atoms with van der Waals surface area (Å²) in [5.41, 5.74) is 0. The molecule has 1 saturated heterocycles. The summed E-state index contributed by atoms with van der Waals surface area (Å²) in [4.78, 5) is 0.